The summed E-state index contributed by atoms with van der Waals surface area (Å²) in [5, 5.41) is 1.43. The van der Waals surface area contributed by atoms with Crippen LogP contribution >= 0.6 is 11.8 Å². The van der Waals surface area contributed by atoms with Gasteiger partial charge in [0.05, 0.1) is 5.03 Å². The van der Waals surface area contributed by atoms with Gasteiger partial charge in [-0.25, -0.2) is 0 Å². The van der Waals surface area contributed by atoms with Crippen LogP contribution in [-0.2, 0) is 0 Å². The SMILES string of the molecule is CCN1CN=C(C(C)C)C(C(C)C)=C1SC. The molecule has 0 saturated carbocycles. The Bertz CT molecular complexity index is 303. The number of aliphatic imine (C=N–C) groups is 1. The number of rotatable bonds is 4. The van der Waals surface area contributed by atoms with E-state index in [1.165, 1.54) is 16.3 Å². The normalized spacial score (nSPS) is 17.5. The van der Waals surface area contributed by atoms with Crippen molar-refractivity contribution in [3.05, 3.63) is 10.6 Å². The summed E-state index contributed by atoms with van der Waals surface area (Å²) in [5.74, 6) is 1.08. The van der Waals surface area contributed by atoms with Gasteiger partial charge >= 0.3 is 0 Å². The van der Waals surface area contributed by atoms with Gasteiger partial charge < -0.3 is 4.90 Å². The van der Waals surface area contributed by atoms with E-state index in [1.807, 2.05) is 11.8 Å². The van der Waals surface area contributed by atoms with Gasteiger partial charge in [0.25, 0.3) is 0 Å². The zero-order valence-corrected chi connectivity index (χ0v) is 12.2. The minimum Gasteiger partial charge on any atom is -0.347 e. The predicted molar refractivity (Wildman–Crippen MR) is 74.9 cm³/mol. The topological polar surface area (TPSA) is 15.6 Å². The first-order valence-electron chi connectivity index (χ1n) is 6.10. The second-order valence-corrected chi connectivity index (χ2v) is 5.57. The molecular formula is C13H24N2S. The van der Waals surface area contributed by atoms with Gasteiger partial charge in [0.15, 0.2) is 0 Å². The van der Waals surface area contributed by atoms with E-state index < -0.39 is 0 Å². The summed E-state index contributed by atoms with van der Waals surface area (Å²) >= 11 is 1.86. The van der Waals surface area contributed by atoms with Crippen molar-refractivity contribution in [2.24, 2.45) is 16.8 Å². The lowest BCUT2D eigenvalue weighted by Crippen LogP contribution is -2.32. The molecule has 0 aromatic carbocycles. The predicted octanol–water partition coefficient (Wildman–Crippen LogP) is 3.61. The standard InChI is InChI=1S/C13H24N2S/c1-7-15-8-14-12(10(4)5)11(9(2)3)13(15)16-6/h9-10H,7-8H2,1-6H3. The van der Waals surface area contributed by atoms with Crippen molar-refractivity contribution in [1.82, 2.24) is 4.90 Å². The van der Waals surface area contributed by atoms with Gasteiger partial charge in [-0.1, -0.05) is 27.7 Å². The van der Waals surface area contributed by atoms with Crippen molar-refractivity contribution in [3.8, 4) is 0 Å². The Morgan fingerprint density at radius 1 is 1.25 bits per heavy atom. The third-order valence-corrected chi connectivity index (χ3v) is 3.77. The molecule has 0 unspecified atom stereocenters. The maximum absolute atomic E-state index is 4.75. The zero-order chi connectivity index (χ0) is 12.3. The largest absolute Gasteiger partial charge is 0.347 e. The molecule has 1 aliphatic rings. The third-order valence-electron chi connectivity index (χ3n) is 2.90. The maximum Gasteiger partial charge on any atom is 0.110 e. The highest BCUT2D eigenvalue weighted by Crippen LogP contribution is 2.32. The number of hydrogen-bond acceptors (Lipinski definition) is 3. The van der Waals surface area contributed by atoms with Crippen LogP contribution in [0.1, 0.15) is 34.6 Å². The Hall–Kier alpha value is -0.440. The Labute approximate surface area is 104 Å². The van der Waals surface area contributed by atoms with Crippen LogP contribution in [0, 0.1) is 11.8 Å². The first kappa shape index (κ1) is 13.6. The summed E-state index contributed by atoms with van der Waals surface area (Å²) in [6.07, 6.45) is 2.17. The van der Waals surface area contributed by atoms with E-state index in [4.69, 9.17) is 4.99 Å². The average Bonchev–Trinajstić information content (AvgIpc) is 2.26. The molecular weight excluding hydrogens is 216 g/mol. The van der Waals surface area contributed by atoms with E-state index in [9.17, 15) is 0 Å². The van der Waals surface area contributed by atoms with Gasteiger partial charge in [-0.05, 0) is 25.0 Å². The van der Waals surface area contributed by atoms with Gasteiger partial charge in [-0.15, -0.1) is 11.8 Å². The smallest absolute Gasteiger partial charge is 0.110 e. The summed E-state index contributed by atoms with van der Waals surface area (Å²) in [5.41, 5.74) is 2.76. The summed E-state index contributed by atoms with van der Waals surface area (Å²) < 4.78 is 0. The third kappa shape index (κ3) is 2.62. The number of hydrogen-bond donors (Lipinski definition) is 0. The fraction of sp³-hybridized carbons (Fsp3) is 0.769. The molecule has 0 bridgehead atoms. The molecule has 3 heteroatoms. The fourth-order valence-electron chi connectivity index (χ4n) is 2.11. The van der Waals surface area contributed by atoms with E-state index in [1.54, 1.807) is 0 Å². The van der Waals surface area contributed by atoms with E-state index in [-0.39, 0.29) is 0 Å². The van der Waals surface area contributed by atoms with Crippen LogP contribution < -0.4 is 0 Å². The molecule has 0 saturated heterocycles. The molecule has 0 aromatic rings. The molecule has 1 aliphatic heterocycles. The summed E-state index contributed by atoms with van der Waals surface area (Å²) in [6.45, 7) is 13.1. The summed E-state index contributed by atoms with van der Waals surface area (Å²) in [7, 11) is 0. The number of allylic oxidation sites excluding steroid dienone is 1. The molecule has 0 spiro atoms. The highest BCUT2D eigenvalue weighted by molar-refractivity contribution is 8.02. The fourth-order valence-corrected chi connectivity index (χ4v) is 3.12. The number of thioether (sulfide) groups is 1. The van der Waals surface area contributed by atoms with Crippen molar-refractivity contribution in [3.63, 3.8) is 0 Å². The molecule has 92 valence electrons. The maximum atomic E-state index is 4.75. The van der Waals surface area contributed by atoms with Crippen LogP contribution in [0.4, 0.5) is 0 Å². The molecule has 0 radical (unpaired) electrons. The lowest BCUT2D eigenvalue weighted by molar-refractivity contribution is 0.386. The molecule has 0 aromatic heterocycles. The lowest BCUT2D eigenvalue weighted by Gasteiger charge is -2.33. The van der Waals surface area contributed by atoms with Crippen LogP contribution in [0.5, 0.6) is 0 Å². The number of nitrogens with zero attached hydrogens (tertiary/aromatic N) is 2. The Morgan fingerprint density at radius 2 is 1.88 bits per heavy atom. The lowest BCUT2D eigenvalue weighted by atomic mass is 9.91. The molecule has 2 nitrogen and oxygen atoms in total. The first-order chi connectivity index (χ1) is 7.52. The van der Waals surface area contributed by atoms with E-state index in [2.05, 4.69) is 45.8 Å². The molecule has 0 aliphatic carbocycles. The van der Waals surface area contributed by atoms with Crippen LogP contribution in [0.15, 0.2) is 15.6 Å². The highest BCUT2D eigenvalue weighted by atomic mass is 32.2. The Morgan fingerprint density at radius 3 is 2.25 bits per heavy atom. The Kier molecular flexibility index (Phi) is 4.90. The van der Waals surface area contributed by atoms with Crippen molar-refractivity contribution in [2.75, 3.05) is 19.5 Å². The zero-order valence-electron chi connectivity index (χ0n) is 11.4. The van der Waals surface area contributed by atoms with Gasteiger partial charge in [0.1, 0.15) is 6.67 Å². The van der Waals surface area contributed by atoms with E-state index in [0.29, 0.717) is 11.8 Å². The second kappa shape index (κ2) is 5.76. The minimum atomic E-state index is 0.526. The molecule has 1 rings (SSSR count). The monoisotopic (exact) mass is 240 g/mol. The van der Waals surface area contributed by atoms with Crippen molar-refractivity contribution in [1.29, 1.82) is 0 Å². The van der Waals surface area contributed by atoms with Gasteiger partial charge in [0.2, 0.25) is 0 Å². The van der Waals surface area contributed by atoms with E-state index >= 15 is 0 Å². The van der Waals surface area contributed by atoms with Crippen molar-refractivity contribution >= 4 is 17.5 Å². The molecule has 0 N–H and O–H groups in total. The molecule has 0 atom stereocenters. The quantitative estimate of drug-likeness (QED) is 0.746. The first-order valence-corrected chi connectivity index (χ1v) is 7.33. The molecule has 0 amide bonds. The van der Waals surface area contributed by atoms with Gasteiger partial charge in [-0.2, -0.15) is 0 Å². The van der Waals surface area contributed by atoms with Crippen LogP contribution in [0.2, 0.25) is 0 Å². The minimum absolute atomic E-state index is 0.526. The van der Waals surface area contributed by atoms with Gasteiger partial charge in [0, 0.05) is 17.8 Å². The Balaban J connectivity index is 3.18. The van der Waals surface area contributed by atoms with Crippen molar-refractivity contribution in [2.45, 2.75) is 34.6 Å². The average molecular weight is 240 g/mol. The highest BCUT2D eigenvalue weighted by Gasteiger charge is 2.25. The van der Waals surface area contributed by atoms with E-state index in [0.717, 1.165) is 13.2 Å². The van der Waals surface area contributed by atoms with Gasteiger partial charge in [-0.3, -0.25) is 4.99 Å². The van der Waals surface area contributed by atoms with Crippen LogP contribution in [-0.4, -0.2) is 30.1 Å². The molecule has 0 fully saturated rings. The van der Waals surface area contributed by atoms with Crippen molar-refractivity contribution < 1.29 is 0 Å². The molecule has 16 heavy (non-hydrogen) atoms. The summed E-state index contributed by atoms with van der Waals surface area (Å²) in [6, 6.07) is 0. The van der Waals surface area contributed by atoms with Crippen LogP contribution in [0.25, 0.3) is 0 Å². The van der Waals surface area contributed by atoms with Crippen LogP contribution in [0.3, 0.4) is 0 Å². The second-order valence-electron chi connectivity index (χ2n) is 4.77. The molecule has 1 heterocycles. The summed E-state index contributed by atoms with van der Waals surface area (Å²) in [4.78, 5) is 7.12.